The Morgan fingerprint density at radius 2 is 1.86 bits per heavy atom. The number of carboxylic acids is 1. The van der Waals surface area contributed by atoms with Crippen LogP contribution in [0.1, 0.15) is 44.4 Å². The number of benzene rings is 1. The van der Waals surface area contributed by atoms with Crippen molar-refractivity contribution in [2.24, 2.45) is 0 Å². The second-order valence-electron chi connectivity index (χ2n) is 5.04. The van der Waals surface area contributed by atoms with Crippen LogP contribution in [0.15, 0.2) is 24.3 Å². The molecule has 0 fully saturated rings. The molecule has 0 bridgehead atoms. The summed E-state index contributed by atoms with van der Waals surface area (Å²) < 4.78 is 39.2. The van der Waals surface area contributed by atoms with Gasteiger partial charge in [-0.15, -0.1) is 0 Å². The van der Waals surface area contributed by atoms with Gasteiger partial charge in [-0.25, -0.2) is 0 Å². The van der Waals surface area contributed by atoms with Crippen LogP contribution in [0.2, 0.25) is 0 Å². The zero-order valence-electron chi connectivity index (χ0n) is 12.3. The molecule has 0 radical (unpaired) electrons. The largest absolute Gasteiger partial charge is 0.481 e. The minimum absolute atomic E-state index is 0.105. The van der Waals surface area contributed by atoms with Crippen LogP contribution in [-0.4, -0.2) is 28.6 Å². The van der Waals surface area contributed by atoms with E-state index in [1.54, 1.807) is 24.8 Å². The molecule has 0 aliphatic rings. The Morgan fingerprint density at radius 1 is 1.29 bits per heavy atom. The van der Waals surface area contributed by atoms with Gasteiger partial charge in [-0.1, -0.05) is 25.1 Å². The second-order valence-corrected chi connectivity index (χ2v) is 5.04. The summed E-state index contributed by atoms with van der Waals surface area (Å²) in [4.78, 5) is 12.6. The van der Waals surface area contributed by atoms with Crippen LogP contribution in [0.3, 0.4) is 0 Å². The molecule has 0 aliphatic carbocycles. The molecule has 21 heavy (non-hydrogen) atoms. The molecule has 0 spiro atoms. The van der Waals surface area contributed by atoms with E-state index < -0.39 is 23.8 Å². The van der Waals surface area contributed by atoms with Gasteiger partial charge < -0.3 is 5.11 Å². The summed E-state index contributed by atoms with van der Waals surface area (Å²) in [7, 11) is 0. The first-order chi connectivity index (χ1) is 9.68. The third-order valence-electron chi connectivity index (χ3n) is 3.62. The molecule has 0 amide bonds. The van der Waals surface area contributed by atoms with Crippen LogP contribution in [0.4, 0.5) is 13.2 Å². The van der Waals surface area contributed by atoms with Gasteiger partial charge in [0.1, 0.15) is 0 Å². The molecule has 0 saturated heterocycles. The van der Waals surface area contributed by atoms with Gasteiger partial charge in [0, 0.05) is 12.1 Å². The van der Waals surface area contributed by atoms with Gasteiger partial charge in [-0.2, -0.15) is 13.2 Å². The fourth-order valence-electron chi connectivity index (χ4n) is 2.64. The van der Waals surface area contributed by atoms with Crippen molar-refractivity contribution in [3.63, 3.8) is 0 Å². The number of carboxylic acid groups (broad SMARTS) is 1. The van der Waals surface area contributed by atoms with Crippen molar-refractivity contribution in [2.75, 3.05) is 6.54 Å². The normalized spacial score (nSPS) is 15.0. The molecule has 1 aromatic carbocycles. The van der Waals surface area contributed by atoms with Crippen molar-refractivity contribution in [1.29, 1.82) is 0 Å². The number of alkyl halides is 3. The number of hydrogen-bond acceptors (Lipinski definition) is 2. The standard InChI is InChI=1S/C15H20F3NO2/c1-4-19(10(2)9-14(20)21)11(3)12-7-5-6-8-13(12)15(16,17)18/h5-8,10-11H,4,9H2,1-3H3,(H,20,21). The van der Waals surface area contributed by atoms with Gasteiger partial charge in [-0.05, 0) is 32.0 Å². The van der Waals surface area contributed by atoms with Crippen LogP contribution in [0.25, 0.3) is 0 Å². The highest BCUT2D eigenvalue weighted by molar-refractivity contribution is 5.67. The Kier molecular flexibility index (Phi) is 5.78. The zero-order chi connectivity index (χ0) is 16.2. The van der Waals surface area contributed by atoms with E-state index in [9.17, 15) is 18.0 Å². The molecule has 0 aromatic heterocycles. The smallest absolute Gasteiger partial charge is 0.416 e. The lowest BCUT2D eigenvalue weighted by Gasteiger charge is -2.34. The number of aliphatic carboxylic acids is 1. The van der Waals surface area contributed by atoms with E-state index in [-0.39, 0.29) is 18.0 Å². The molecule has 1 N–H and O–H groups in total. The first-order valence-electron chi connectivity index (χ1n) is 6.82. The van der Waals surface area contributed by atoms with Crippen LogP contribution in [-0.2, 0) is 11.0 Å². The molecule has 0 aliphatic heterocycles. The van der Waals surface area contributed by atoms with E-state index in [1.165, 1.54) is 12.1 Å². The Morgan fingerprint density at radius 3 is 2.33 bits per heavy atom. The van der Waals surface area contributed by atoms with Crippen LogP contribution in [0, 0.1) is 0 Å². The highest BCUT2D eigenvalue weighted by atomic mass is 19.4. The van der Waals surface area contributed by atoms with Crippen LogP contribution in [0.5, 0.6) is 0 Å². The van der Waals surface area contributed by atoms with E-state index in [0.717, 1.165) is 6.07 Å². The highest BCUT2D eigenvalue weighted by Gasteiger charge is 2.35. The SMILES string of the molecule is CCN(C(C)CC(=O)O)C(C)c1ccccc1C(F)(F)F. The number of halogens is 3. The van der Waals surface area contributed by atoms with Gasteiger partial charge >= 0.3 is 12.1 Å². The molecular formula is C15H20F3NO2. The van der Waals surface area contributed by atoms with Gasteiger partial charge in [0.15, 0.2) is 0 Å². The van der Waals surface area contributed by atoms with Gasteiger partial charge in [0.05, 0.1) is 12.0 Å². The quantitative estimate of drug-likeness (QED) is 0.865. The summed E-state index contributed by atoms with van der Waals surface area (Å²) in [5, 5.41) is 8.86. The van der Waals surface area contributed by atoms with Crippen molar-refractivity contribution >= 4 is 5.97 Å². The summed E-state index contributed by atoms with van der Waals surface area (Å²) in [5.74, 6) is -0.961. The summed E-state index contributed by atoms with van der Waals surface area (Å²) >= 11 is 0. The Hall–Kier alpha value is -1.56. The number of rotatable bonds is 6. The van der Waals surface area contributed by atoms with E-state index in [0.29, 0.717) is 6.54 Å². The molecule has 2 unspecified atom stereocenters. The number of hydrogen-bond donors (Lipinski definition) is 1. The van der Waals surface area contributed by atoms with E-state index in [2.05, 4.69) is 0 Å². The average molecular weight is 303 g/mol. The van der Waals surface area contributed by atoms with E-state index in [4.69, 9.17) is 5.11 Å². The zero-order valence-corrected chi connectivity index (χ0v) is 12.3. The number of carbonyl (C=O) groups is 1. The third kappa shape index (κ3) is 4.46. The van der Waals surface area contributed by atoms with Gasteiger partial charge in [0.2, 0.25) is 0 Å². The molecular weight excluding hydrogens is 283 g/mol. The Bertz CT molecular complexity index is 488. The lowest BCUT2D eigenvalue weighted by atomic mass is 9.98. The molecule has 118 valence electrons. The Labute approximate surface area is 122 Å². The van der Waals surface area contributed by atoms with Crippen molar-refractivity contribution < 1.29 is 23.1 Å². The molecule has 1 aromatic rings. The first kappa shape index (κ1) is 17.5. The molecule has 3 nitrogen and oxygen atoms in total. The van der Waals surface area contributed by atoms with E-state index in [1.807, 2.05) is 6.92 Å². The van der Waals surface area contributed by atoms with Crippen molar-refractivity contribution in [3.05, 3.63) is 35.4 Å². The lowest BCUT2D eigenvalue weighted by Crippen LogP contribution is -2.37. The van der Waals surface area contributed by atoms with E-state index >= 15 is 0 Å². The molecule has 0 heterocycles. The van der Waals surface area contributed by atoms with Crippen molar-refractivity contribution in [1.82, 2.24) is 4.90 Å². The van der Waals surface area contributed by atoms with Gasteiger partial charge in [0.25, 0.3) is 0 Å². The topological polar surface area (TPSA) is 40.5 Å². The third-order valence-corrected chi connectivity index (χ3v) is 3.62. The average Bonchev–Trinajstić information content (AvgIpc) is 2.37. The molecule has 0 saturated carbocycles. The maximum absolute atomic E-state index is 13.1. The highest BCUT2D eigenvalue weighted by Crippen LogP contribution is 2.36. The summed E-state index contributed by atoms with van der Waals surface area (Å²) in [6.07, 6.45) is -4.52. The van der Waals surface area contributed by atoms with Crippen molar-refractivity contribution in [3.8, 4) is 0 Å². The van der Waals surface area contributed by atoms with Crippen LogP contribution >= 0.6 is 0 Å². The molecule has 1 rings (SSSR count). The maximum Gasteiger partial charge on any atom is 0.416 e. The fraction of sp³-hybridized carbons (Fsp3) is 0.533. The minimum atomic E-state index is -4.42. The van der Waals surface area contributed by atoms with Gasteiger partial charge in [-0.3, -0.25) is 9.69 Å². The predicted molar refractivity (Wildman–Crippen MR) is 74.0 cm³/mol. The first-order valence-corrected chi connectivity index (χ1v) is 6.82. The maximum atomic E-state index is 13.1. The minimum Gasteiger partial charge on any atom is -0.481 e. The molecule has 6 heteroatoms. The fourth-order valence-corrected chi connectivity index (χ4v) is 2.64. The second kappa shape index (κ2) is 6.93. The Balaban J connectivity index is 3.11. The monoisotopic (exact) mass is 303 g/mol. The van der Waals surface area contributed by atoms with Crippen LogP contribution < -0.4 is 0 Å². The van der Waals surface area contributed by atoms with Crippen molar-refractivity contribution in [2.45, 2.75) is 45.5 Å². The summed E-state index contributed by atoms with van der Waals surface area (Å²) in [6.45, 7) is 5.67. The molecule has 2 atom stereocenters. The summed E-state index contributed by atoms with van der Waals surface area (Å²) in [6, 6.07) is 4.57. The number of nitrogens with zero attached hydrogens (tertiary/aromatic N) is 1. The summed E-state index contributed by atoms with van der Waals surface area (Å²) in [5.41, 5.74) is -0.498. The predicted octanol–water partition coefficient (Wildman–Crippen LogP) is 3.95. The lowest BCUT2D eigenvalue weighted by molar-refractivity contribution is -0.140.